The molecule has 2 aromatic rings. The number of Topliss-reactive ketones (excluding diaryl/α,β-unsaturated/α-hetero) is 1. The van der Waals surface area contributed by atoms with Gasteiger partial charge in [0.2, 0.25) is 0 Å². The van der Waals surface area contributed by atoms with Crippen molar-refractivity contribution < 1.29 is 15.0 Å². The zero-order chi connectivity index (χ0) is 21.4. The summed E-state index contributed by atoms with van der Waals surface area (Å²) in [6.07, 6.45) is 3.75. The number of carbonyl (C=O) groups excluding carboxylic acids is 1. The quantitative estimate of drug-likeness (QED) is 0.641. The van der Waals surface area contributed by atoms with E-state index in [4.69, 9.17) is 23.2 Å². The van der Waals surface area contributed by atoms with Crippen molar-refractivity contribution >= 4 is 29.0 Å². The van der Waals surface area contributed by atoms with Gasteiger partial charge in [0, 0.05) is 10.0 Å². The van der Waals surface area contributed by atoms with Gasteiger partial charge in [-0.25, -0.2) is 0 Å². The molecule has 2 aliphatic carbocycles. The molecule has 4 rings (SSSR count). The summed E-state index contributed by atoms with van der Waals surface area (Å²) in [5.74, 6) is -0.143. The second-order valence-corrected chi connectivity index (χ2v) is 9.57. The molecule has 4 atom stereocenters. The average Bonchev–Trinajstić information content (AvgIpc) is 2.75. The Morgan fingerprint density at radius 2 is 1.13 bits per heavy atom. The van der Waals surface area contributed by atoms with Gasteiger partial charge in [-0.3, -0.25) is 4.79 Å². The molecule has 3 nitrogen and oxygen atoms in total. The van der Waals surface area contributed by atoms with Crippen LogP contribution in [-0.4, -0.2) is 28.2 Å². The van der Waals surface area contributed by atoms with Crippen molar-refractivity contribution in [3.05, 3.63) is 69.7 Å². The number of aliphatic hydroxyl groups is 2. The topological polar surface area (TPSA) is 57.5 Å². The van der Waals surface area contributed by atoms with Crippen LogP contribution in [0, 0.1) is 0 Å². The van der Waals surface area contributed by atoms with Crippen LogP contribution in [0.3, 0.4) is 0 Å². The first-order chi connectivity index (χ1) is 14.4. The zero-order valence-corrected chi connectivity index (χ0v) is 18.5. The first kappa shape index (κ1) is 21.8. The van der Waals surface area contributed by atoms with Crippen molar-refractivity contribution in [2.75, 3.05) is 0 Å². The van der Waals surface area contributed by atoms with Crippen LogP contribution < -0.4 is 0 Å². The molecule has 4 unspecified atom stereocenters. The van der Waals surface area contributed by atoms with Crippen LogP contribution in [0.1, 0.15) is 62.5 Å². The van der Waals surface area contributed by atoms with Crippen LogP contribution in [-0.2, 0) is 15.6 Å². The molecule has 5 heteroatoms. The molecule has 0 spiro atoms. The third-order valence-electron chi connectivity index (χ3n) is 7.25. The number of halogens is 2. The standard InChI is InChI=1S/C25H28Cl2O3/c26-19-11-3-1-9-17(19)24(15-7-5-13-21(24)28)23(30)25(16-8-6-14-22(25)29)18-10-2-4-12-20(18)27/h1-4,9-12,21-22,28-29H,5-8,13-16H2. The van der Waals surface area contributed by atoms with Gasteiger partial charge in [0.15, 0.2) is 5.78 Å². The minimum atomic E-state index is -1.16. The summed E-state index contributed by atoms with van der Waals surface area (Å²) >= 11 is 13.2. The fraction of sp³-hybridized carbons (Fsp3) is 0.480. The third-order valence-corrected chi connectivity index (χ3v) is 7.91. The highest BCUT2D eigenvalue weighted by molar-refractivity contribution is 6.32. The number of rotatable bonds is 4. The second-order valence-electron chi connectivity index (χ2n) is 8.75. The van der Waals surface area contributed by atoms with Gasteiger partial charge < -0.3 is 10.2 Å². The maximum Gasteiger partial charge on any atom is 0.159 e. The van der Waals surface area contributed by atoms with E-state index in [9.17, 15) is 15.0 Å². The molecule has 2 aromatic carbocycles. The van der Waals surface area contributed by atoms with Crippen molar-refractivity contribution in [1.29, 1.82) is 0 Å². The molecule has 160 valence electrons. The van der Waals surface area contributed by atoms with E-state index in [-0.39, 0.29) is 5.78 Å². The number of hydrogen-bond donors (Lipinski definition) is 2. The molecule has 2 saturated carbocycles. The Labute approximate surface area is 188 Å². The van der Waals surface area contributed by atoms with Crippen molar-refractivity contribution in [2.45, 2.75) is 74.4 Å². The Kier molecular flexibility index (Phi) is 6.28. The summed E-state index contributed by atoms with van der Waals surface area (Å²) in [6.45, 7) is 0. The number of carbonyl (C=O) groups is 1. The predicted molar refractivity (Wildman–Crippen MR) is 120 cm³/mol. The van der Waals surface area contributed by atoms with Gasteiger partial charge in [-0.15, -0.1) is 0 Å². The number of aliphatic hydroxyl groups excluding tert-OH is 2. The highest BCUT2D eigenvalue weighted by atomic mass is 35.5. The van der Waals surface area contributed by atoms with Gasteiger partial charge >= 0.3 is 0 Å². The molecule has 2 aliphatic rings. The van der Waals surface area contributed by atoms with Crippen LogP contribution >= 0.6 is 23.2 Å². The molecule has 2 N–H and O–H groups in total. The normalized spacial score (nSPS) is 32.0. The fourth-order valence-corrected chi connectivity index (χ4v) is 6.36. The van der Waals surface area contributed by atoms with E-state index >= 15 is 0 Å². The van der Waals surface area contributed by atoms with Gasteiger partial charge in [0.05, 0.1) is 23.0 Å². The Bertz CT molecular complexity index is 857. The zero-order valence-electron chi connectivity index (χ0n) is 17.0. The first-order valence-electron chi connectivity index (χ1n) is 10.9. The van der Waals surface area contributed by atoms with Gasteiger partial charge in [-0.2, -0.15) is 0 Å². The average molecular weight is 447 g/mol. The molecular weight excluding hydrogens is 419 g/mol. The van der Waals surface area contributed by atoms with Crippen molar-refractivity contribution in [1.82, 2.24) is 0 Å². The Morgan fingerprint density at radius 1 is 0.733 bits per heavy atom. The minimum Gasteiger partial charge on any atom is -0.392 e. The summed E-state index contributed by atoms with van der Waals surface area (Å²) < 4.78 is 0. The maximum atomic E-state index is 14.7. The number of ketones is 1. The molecular formula is C25H28Cl2O3. The van der Waals surface area contributed by atoms with E-state index in [0.717, 1.165) is 25.7 Å². The van der Waals surface area contributed by atoms with Gasteiger partial charge in [0.1, 0.15) is 0 Å². The monoisotopic (exact) mass is 446 g/mol. The maximum absolute atomic E-state index is 14.7. The van der Waals surface area contributed by atoms with Crippen LogP contribution in [0.15, 0.2) is 48.5 Å². The van der Waals surface area contributed by atoms with E-state index in [2.05, 4.69) is 0 Å². The molecule has 0 heterocycles. The summed E-state index contributed by atoms with van der Waals surface area (Å²) in [4.78, 5) is 14.7. The number of benzene rings is 2. The van der Waals surface area contributed by atoms with Crippen LogP contribution in [0.5, 0.6) is 0 Å². The minimum absolute atomic E-state index is 0.143. The lowest BCUT2D eigenvalue weighted by Crippen LogP contribution is -2.61. The van der Waals surface area contributed by atoms with E-state index in [1.807, 2.05) is 36.4 Å². The summed E-state index contributed by atoms with van der Waals surface area (Å²) in [6, 6.07) is 14.6. The first-order valence-corrected chi connectivity index (χ1v) is 11.6. The summed E-state index contributed by atoms with van der Waals surface area (Å²) in [5.41, 5.74) is -0.997. The van der Waals surface area contributed by atoms with Crippen LogP contribution in [0.4, 0.5) is 0 Å². The van der Waals surface area contributed by atoms with Crippen molar-refractivity contribution in [3.8, 4) is 0 Å². The molecule has 30 heavy (non-hydrogen) atoms. The largest absolute Gasteiger partial charge is 0.392 e. The molecule has 0 aliphatic heterocycles. The molecule has 0 bridgehead atoms. The Morgan fingerprint density at radius 3 is 1.50 bits per heavy atom. The van der Waals surface area contributed by atoms with Gasteiger partial charge in [0.25, 0.3) is 0 Å². The van der Waals surface area contributed by atoms with Gasteiger partial charge in [-0.05, 0) is 48.9 Å². The van der Waals surface area contributed by atoms with Crippen LogP contribution in [0.25, 0.3) is 0 Å². The second kappa shape index (κ2) is 8.63. The lowest BCUT2D eigenvalue weighted by Gasteiger charge is -2.50. The lowest BCUT2D eigenvalue weighted by atomic mass is 9.53. The highest BCUT2D eigenvalue weighted by Crippen LogP contribution is 2.52. The van der Waals surface area contributed by atoms with Crippen molar-refractivity contribution in [3.63, 3.8) is 0 Å². The van der Waals surface area contributed by atoms with Gasteiger partial charge in [-0.1, -0.05) is 85.3 Å². The van der Waals surface area contributed by atoms with E-state index in [0.29, 0.717) is 46.9 Å². The fourth-order valence-electron chi connectivity index (χ4n) is 5.76. The molecule has 0 amide bonds. The lowest BCUT2D eigenvalue weighted by molar-refractivity contribution is -0.144. The highest BCUT2D eigenvalue weighted by Gasteiger charge is 2.59. The molecule has 2 fully saturated rings. The Balaban J connectivity index is 1.97. The number of hydrogen-bond acceptors (Lipinski definition) is 3. The Hall–Kier alpha value is -1.39. The predicted octanol–water partition coefficient (Wildman–Crippen LogP) is 5.61. The third kappa shape index (κ3) is 3.31. The summed E-state index contributed by atoms with van der Waals surface area (Å²) in [5, 5.41) is 23.6. The SMILES string of the molecule is O=C(C1(c2ccccc2Cl)CCCCC1O)C1(c2ccccc2Cl)CCCCC1O. The molecule has 0 saturated heterocycles. The summed E-state index contributed by atoms with van der Waals surface area (Å²) in [7, 11) is 0. The molecule has 0 aromatic heterocycles. The molecule has 0 radical (unpaired) electrons. The van der Waals surface area contributed by atoms with E-state index < -0.39 is 23.0 Å². The van der Waals surface area contributed by atoms with Crippen molar-refractivity contribution in [2.24, 2.45) is 0 Å². The van der Waals surface area contributed by atoms with E-state index in [1.165, 1.54) is 0 Å². The van der Waals surface area contributed by atoms with Crippen LogP contribution in [0.2, 0.25) is 10.0 Å². The van der Waals surface area contributed by atoms with E-state index in [1.54, 1.807) is 12.1 Å². The smallest absolute Gasteiger partial charge is 0.159 e.